The zero-order valence-electron chi connectivity index (χ0n) is 9.77. The van der Waals surface area contributed by atoms with E-state index in [-0.39, 0.29) is 0 Å². The minimum atomic E-state index is 0.542. The van der Waals surface area contributed by atoms with E-state index in [4.69, 9.17) is 5.84 Å². The number of nitrogens with two attached hydrogens (primary N) is 1. The quantitative estimate of drug-likeness (QED) is 0.598. The van der Waals surface area contributed by atoms with Crippen LogP contribution in [0.1, 0.15) is 31.2 Å². The summed E-state index contributed by atoms with van der Waals surface area (Å²) in [6, 6.07) is 11.4. The van der Waals surface area contributed by atoms with Crippen LogP contribution in [-0.4, -0.2) is 6.04 Å². The fraction of sp³-hybridized carbons (Fsp3) is 0.571. The summed E-state index contributed by atoms with van der Waals surface area (Å²) in [5, 5.41) is 0. The van der Waals surface area contributed by atoms with Gasteiger partial charge in [0.2, 0.25) is 0 Å². The number of rotatable bonds is 4. The van der Waals surface area contributed by atoms with Crippen molar-refractivity contribution in [2.45, 2.75) is 31.7 Å². The van der Waals surface area contributed by atoms with E-state index in [2.05, 4.69) is 42.7 Å². The molecule has 5 atom stereocenters. The first-order chi connectivity index (χ1) is 7.81. The highest BCUT2D eigenvalue weighted by molar-refractivity contribution is 5.27. The normalized spacial score (nSPS) is 38.1. The van der Waals surface area contributed by atoms with Gasteiger partial charge in [-0.15, -0.1) is 0 Å². The SMILES string of the molecule is CC1CC1C(NN)C1CC1c1ccccc1. The molecule has 0 aliphatic heterocycles. The lowest BCUT2D eigenvalue weighted by Crippen LogP contribution is -2.39. The van der Waals surface area contributed by atoms with Crippen LogP contribution in [0.4, 0.5) is 0 Å². The minimum Gasteiger partial charge on any atom is -0.271 e. The Bertz CT molecular complexity index is 362. The van der Waals surface area contributed by atoms with Gasteiger partial charge in [0, 0.05) is 6.04 Å². The number of hydrazine groups is 1. The maximum atomic E-state index is 5.71. The van der Waals surface area contributed by atoms with Crippen LogP contribution in [0.2, 0.25) is 0 Å². The number of nitrogens with one attached hydrogen (secondary N) is 1. The second-order valence-electron chi connectivity index (χ2n) is 5.49. The van der Waals surface area contributed by atoms with Gasteiger partial charge in [0.15, 0.2) is 0 Å². The molecule has 2 fully saturated rings. The minimum absolute atomic E-state index is 0.542. The molecule has 3 N–H and O–H groups in total. The summed E-state index contributed by atoms with van der Waals surface area (Å²) < 4.78 is 0. The molecular formula is C14H20N2. The number of benzene rings is 1. The van der Waals surface area contributed by atoms with E-state index in [0.717, 1.165) is 23.7 Å². The molecule has 0 spiro atoms. The van der Waals surface area contributed by atoms with E-state index in [1.165, 1.54) is 18.4 Å². The van der Waals surface area contributed by atoms with Gasteiger partial charge < -0.3 is 0 Å². The first-order valence-corrected chi connectivity index (χ1v) is 6.32. The van der Waals surface area contributed by atoms with Crippen LogP contribution in [0.3, 0.4) is 0 Å². The number of hydrogen-bond acceptors (Lipinski definition) is 2. The van der Waals surface area contributed by atoms with Gasteiger partial charge in [0.25, 0.3) is 0 Å². The Hall–Kier alpha value is -0.860. The van der Waals surface area contributed by atoms with E-state index in [9.17, 15) is 0 Å². The summed E-state index contributed by atoms with van der Waals surface area (Å²) >= 11 is 0. The van der Waals surface area contributed by atoms with Gasteiger partial charge in [-0.05, 0) is 42.1 Å². The third-order valence-electron chi connectivity index (χ3n) is 4.35. The molecule has 0 aromatic heterocycles. The van der Waals surface area contributed by atoms with Crippen molar-refractivity contribution < 1.29 is 0 Å². The Morgan fingerprint density at radius 1 is 1.19 bits per heavy atom. The van der Waals surface area contributed by atoms with E-state index in [1.807, 2.05) is 0 Å². The second-order valence-corrected chi connectivity index (χ2v) is 5.49. The third kappa shape index (κ3) is 1.76. The molecule has 0 bridgehead atoms. The Morgan fingerprint density at radius 2 is 1.88 bits per heavy atom. The van der Waals surface area contributed by atoms with E-state index in [0.29, 0.717) is 6.04 Å². The summed E-state index contributed by atoms with van der Waals surface area (Å²) in [5.74, 6) is 8.91. The topological polar surface area (TPSA) is 38.0 Å². The predicted octanol–water partition coefficient (Wildman–Crippen LogP) is 2.28. The van der Waals surface area contributed by atoms with E-state index >= 15 is 0 Å². The van der Waals surface area contributed by atoms with Gasteiger partial charge in [-0.1, -0.05) is 37.3 Å². The van der Waals surface area contributed by atoms with Crippen molar-refractivity contribution in [1.29, 1.82) is 0 Å². The Balaban J connectivity index is 1.67. The molecule has 2 heteroatoms. The standard InChI is InChI=1S/C14H20N2/c1-9-7-11(9)14(16-15)13-8-12(13)10-5-3-2-4-6-10/h2-6,9,11-14,16H,7-8,15H2,1H3. The van der Waals surface area contributed by atoms with Crippen molar-refractivity contribution >= 4 is 0 Å². The average molecular weight is 216 g/mol. The fourth-order valence-corrected chi connectivity index (χ4v) is 3.11. The van der Waals surface area contributed by atoms with Gasteiger partial charge in [0.05, 0.1) is 0 Å². The van der Waals surface area contributed by atoms with Crippen LogP contribution in [-0.2, 0) is 0 Å². The average Bonchev–Trinajstić information content (AvgIpc) is 3.21. The first kappa shape index (κ1) is 10.3. The summed E-state index contributed by atoms with van der Waals surface area (Å²) in [7, 11) is 0. The monoisotopic (exact) mass is 216 g/mol. The maximum Gasteiger partial charge on any atom is 0.0275 e. The van der Waals surface area contributed by atoms with Gasteiger partial charge in [-0.2, -0.15) is 0 Å². The molecule has 2 saturated carbocycles. The van der Waals surface area contributed by atoms with Crippen molar-refractivity contribution in [3.8, 4) is 0 Å². The fourth-order valence-electron chi connectivity index (χ4n) is 3.11. The molecule has 3 rings (SSSR count). The molecule has 2 nitrogen and oxygen atoms in total. The lowest BCUT2D eigenvalue weighted by atomic mass is 10.0. The van der Waals surface area contributed by atoms with Crippen molar-refractivity contribution in [3.63, 3.8) is 0 Å². The van der Waals surface area contributed by atoms with Gasteiger partial charge >= 0.3 is 0 Å². The molecule has 16 heavy (non-hydrogen) atoms. The van der Waals surface area contributed by atoms with Crippen LogP contribution >= 0.6 is 0 Å². The van der Waals surface area contributed by atoms with E-state index in [1.54, 1.807) is 0 Å². The highest BCUT2D eigenvalue weighted by Gasteiger charge is 2.51. The van der Waals surface area contributed by atoms with Gasteiger partial charge in [-0.3, -0.25) is 11.3 Å². The molecule has 0 heterocycles. The van der Waals surface area contributed by atoms with Crippen LogP contribution in [0.15, 0.2) is 30.3 Å². The molecule has 5 unspecified atom stereocenters. The summed E-state index contributed by atoms with van der Waals surface area (Å²) in [4.78, 5) is 0. The van der Waals surface area contributed by atoms with Crippen LogP contribution < -0.4 is 11.3 Å². The molecule has 1 aromatic rings. The van der Waals surface area contributed by atoms with Gasteiger partial charge in [-0.25, -0.2) is 0 Å². The van der Waals surface area contributed by atoms with Gasteiger partial charge in [0.1, 0.15) is 0 Å². The Kier molecular flexibility index (Phi) is 2.49. The highest BCUT2D eigenvalue weighted by Crippen LogP contribution is 2.55. The zero-order valence-corrected chi connectivity index (χ0v) is 9.77. The molecule has 0 amide bonds. The van der Waals surface area contributed by atoms with Crippen LogP contribution in [0, 0.1) is 17.8 Å². The molecule has 1 aromatic carbocycles. The van der Waals surface area contributed by atoms with Crippen molar-refractivity contribution in [1.82, 2.24) is 5.43 Å². The maximum absolute atomic E-state index is 5.71. The van der Waals surface area contributed by atoms with Crippen molar-refractivity contribution in [2.24, 2.45) is 23.6 Å². The Labute approximate surface area is 97.2 Å². The third-order valence-corrected chi connectivity index (χ3v) is 4.35. The Morgan fingerprint density at radius 3 is 2.44 bits per heavy atom. The molecule has 0 saturated heterocycles. The predicted molar refractivity (Wildman–Crippen MR) is 65.7 cm³/mol. The molecule has 86 valence electrons. The smallest absolute Gasteiger partial charge is 0.0275 e. The lowest BCUT2D eigenvalue weighted by Gasteiger charge is -2.15. The largest absolute Gasteiger partial charge is 0.271 e. The van der Waals surface area contributed by atoms with Crippen molar-refractivity contribution in [2.75, 3.05) is 0 Å². The summed E-state index contributed by atoms with van der Waals surface area (Å²) in [5.41, 5.74) is 4.54. The molecule has 0 radical (unpaired) electrons. The van der Waals surface area contributed by atoms with Crippen molar-refractivity contribution in [3.05, 3.63) is 35.9 Å². The van der Waals surface area contributed by atoms with Crippen LogP contribution in [0.25, 0.3) is 0 Å². The first-order valence-electron chi connectivity index (χ1n) is 6.32. The van der Waals surface area contributed by atoms with E-state index < -0.39 is 0 Å². The zero-order chi connectivity index (χ0) is 11.1. The lowest BCUT2D eigenvalue weighted by molar-refractivity contribution is 0.405. The highest BCUT2D eigenvalue weighted by atomic mass is 15.2. The molecule has 2 aliphatic carbocycles. The summed E-state index contributed by atoms with van der Waals surface area (Å²) in [6.07, 6.45) is 2.66. The summed E-state index contributed by atoms with van der Waals surface area (Å²) in [6.45, 7) is 2.33. The molecular weight excluding hydrogens is 196 g/mol. The molecule has 2 aliphatic rings. The number of hydrogen-bond donors (Lipinski definition) is 2. The second kappa shape index (κ2) is 3.86. The van der Waals surface area contributed by atoms with Crippen LogP contribution in [0.5, 0.6) is 0 Å².